The number of carbonyl (C=O) groups is 2. The summed E-state index contributed by atoms with van der Waals surface area (Å²) in [5.74, 6) is -0.435. The van der Waals surface area contributed by atoms with E-state index < -0.39 is 6.09 Å². The number of benzene rings is 2. The van der Waals surface area contributed by atoms with Gasteiger partial charge < -0.3 is 20.1 Å². The Labute approximate surface area is 182 Å². The van der Waals surface area contributed by atoms with Crippen molar-refractivity contribution in [3.05, 3.63) is 71.5 Å². The summed E-state index contributed by atoms with van der Waals surface area (Å²) in [5.41, 5.74) is 1.53. The second-order valence-corrected chi connectivity index (χ2v) is 7.87. The molecule has 166 valence electrons. The van der Waals surface area contributed by atoms with E-state index in [0.717, 1.165) is 18.4 Å². The summed E-state index contributed by atoms with van der Waals surface area (Å²) >= 11 is 0. The Morgan fingerprint density at radius 1 is 1.10 bits per heavy atom. The van der Waals surface area contributed by atoms with Gasteiger partial charge in [0.15, 0.2) is 0 Å². The molecule has 31 heavy (non-hydrogen) atoms. The van der Waals surface area contributed by atoms with E-state index in [2.05, 4.69) is 5.32 Å². The van der Waals surface area contributed by atoms with Crippen LogP contribution in [0.2, 0.25) is 0 Å². The van der Waals surface area contributed by atoms with Crippen molar-refractivity contribution in [3.8, 4) is 0 Å². The van der Waals surface area contributed by atoms with E-state index in [1.807, 2.05) is 30.3 Å². The Bertz CT molecular complexity index is 836. The van der Waals surface area contributed by atoms with Crippen molar-refractivity contribution in [1.29, 1.82) is 0 Å². The first-order chi connectivity index (χ1) is 15.0. The highest BCUT2D eigenvalue weighted by atomic mass is 19.1. The number of hydrogen-bond acceptors (Lipinski definition) is 3. The zero-order valence-electron chi connectivity index (χ0n) is 17.5. The van der Waals surface area contributed by atoms with Gasteiger partial charge in [-0.15, -0.1) is 0 Å². The zero-order valence-corrected chi connectivity index (χ0v) is 17.5. The van der Waals surface area contributed by atoms with E-state index in [1.165, 1.54) is 29.2 Å². The number of nitrogens with one attached hydrogen (secondary N) is 1. The van der Waals surface area contributed by atoms with E-state index in [4.69, 9.17) is 4.74 Å². The quantitative estimate of drug-likeness (QED) is 0.584. The summed E-state index contributed by atoms with van der Waals surface area (Å²) in [7, 11) is 0. The number of nitrogens with zero attached hydrogens (tertiary/aromatic N) is 1. The number of piperidine rings is 1. The van der Waals surface area contributed by atoms with E-state index in [1.54, 1.807) is 0 Å². The first kappa shape index (κ1) is 22.7. The molecular formula is C24H29FN2O4. The molecule has 2 N–H and O–H groups in total. The molecule has 0 spiro atoms. The van der Waals surface area contributed by atoms with Gasteiger partial charge in [0, 0.05) is 31.3 Å². The summed E-state index contributed by atoms with van der Waals surface area (Å²) in [4.78, 5) is 25.3. The topological polar surface area (TPSA) is 78.9 Å². The fourth-order valence-electron chi connectivity index (χ4n) is 3.94. The number of amides is 2. The van der Waals surface area contributed by atoms with Gasteiger partial charge in [0.05, 0.1) is 6.61 Å². The minimum atomic E-state index is -0.903. The van der Waals surface area contributed by atoms with Gasteiger partial charge in [0.25, 0.3) is 5.91 Å². The lowest BCUT2D eigenvalue weighted by Gasteiger charge is -2.35. The molecule has 7 heteroatoms. The molecule has 1 saturated heterocycles. The Morgan fingerprint density at radius 3 is 2.42 bits per heavy atom. The number of halogens is 1. The second-order valence-electron chi connectivity index (χ2n) is 7.87. The van der Waals surface area contributed by atoms with Gasteiger partial charge in [-0.05, 0) is 61.4 Å². The van der Waals surface area contributed by atoms with Crippen LogP contribution in [0.25, 0.3) is 0 Å². The first-order valence-corrected chi connectivity index (χ1v) is 10.7. The minimum absolute atomic E-state index is 0.0891. The van der Waals surface area contributed by atoms with Crippen LogP contribution in [0.1, 0.15) is 41.6 Å². The number of carboxylic acid groups (broad SMARTS) is 1. The maximum absolute atomic E-state index is 13.2. The van der Waals surface area contributed by atoms with Crippen molar-refractivity contribution in [1.82, 2.24) is 10.2 Å². The van der Waals surface area contributed by atoms with Gasteiger partial charge in [-0.2, -0.15) is 0 Å². The third-order valence-electron chi connectivity index (χ3n) is 5.72. The Hall–Kier alpha value is -2.93. The fraction of sp³-hybridized carbons (Fsp3) is 0.417. The van der Waals surface area contributed by atoms with Crippen LogP contribution in [0.4, 0.5) is 9.18 Å². The molecule has 2 amide bonds. The minimum Gasteiger partial charge on any atom is -0.465 e. The third-order valence-corrected chi connectivity index (χ3v) is 5.72. The predicted molar refractivity (Wildman–Crippen MR) is 115 cm³/mol. The number of ether oxygens (including phenoxy) is 1. The van der Waals surface area contributed by atoms with Gasteiger partial charge in [-0.1, -0.05) is 30.3 Å². The molecule has 1 atom stereocenters. The van der Waals surface area contributed by atoms with E-state index in [0.29, 0.717) is 44.7 Å². The van der Waals surface area contributed by atoms with Gasteiger partial charge in [-0.25, -0.2) is 9.18 Å². The highest BCUT2D eigenvalue weighted by Gasteiger charge is 2.29. The molecule has 1 aliphatic heterocycles. The maximum atomic E-state index is 13.2. The van der Waals surface area contributed by atoms with Crippen LogP contribution in [0.5, 0.6) is 0 Å². The Balaban J connectivity index is 1.54. The van der Waals surface area contributed by atoms with Crippen LogP contribution in [0.3, 0.4) is 0 Å². The van der Waals surface area contributed by atoms with Gasteiger partial charge >= 0.3 is 6.09 Å². The molecule has 0 bridgehead atoms. The van der Waals surface area contributed by atoms with Crippen LogP contribution in [-0.4, -0.2) is 47.7 Å². The summed E-state index contributed by atoms with van der Waals surface area (Å²) in [5, 5.41) is 12.3. The molecule has 2 aromatic carbocycles. The second kappa shape index (κ2) is 11.5. The molecule has 1 fully saturated rings. The first-order valence-electron chi connectivity index (χ1n) is 10.7. The van der Waals surface area contributed by atoms with Crippen molar-refractivity contribution in [3.63, 3.8) is 0 Å². The Morgan fingerprint density at radius 2 is 1.77 bits per heavy atom. The molecule has 0 aromatic heterocycles. The zero-order chi connectivity index (χ0) is 22.1. The molecule has 2 aromatic rings. The standard InChI is InChI=1S/C24H29FN2O4/c25-21-10-8-20(9-11-21)23(28)26-22(19-12-14-27(15-13-19)24(29)30)7-4-16-31-17-18-5-2-1-3-6-18/h1-3,5-6,8-11,19,22H,4,7,12-17H2,(H,26,28)(H,29,30). The van der Waals surface area contributed by atoms with Crippen molar-refractivity contribution in [2.24, 2.45) is 5.92 Å². The molecule has 6 nitrogen and oxygen atoms in total. The molecule has 1 heterocycles. The van der Waals surface area contributed by atoms with Crippen molar-refractivity contribution < 1.29 is 23.8 Å². The molecular weight excluding hydrogens is 399 g/mol. The van der Waals surface area contributed by atoms with Crippen LogP contribution >= 0.6 is 0 Å². The Kier molecular flexibility index (Phi) is 8.41. The summed E-state index contributed by atoms with van der Waals surface area (Å²) < 4.78 is 18.9. The predicted octanol–water partition coefficient (Wildman–Crippen LogP) is 4.31. The third kappa shape index (κ3) is 7.07. The molecule has 0 aliphatic carbocycles. The normalized spacial score (nSPS) is 15.5. The van der Waals surface area contributed by atoms with Crippen LogP contribution in [0, 0.1) is 11.7 Å². The van der Waals surface area contributed by atoms with Gasteiger partial charge in [-0.3, -0.25) is 4.79 Å². The van der Waals surface area contributed by atoms with E-state index in [-0.39, 0.29) is 23.7 Å². The molecule has 0 saturated carbocycles. The van der Waals surface area contributed by atoms with E-state index >= 15 is 0 Å². The van der Waals surface area contributed by atoms with Gasteiger partial charge in [0.1, 0.15) is 5.82 Å². The molecule has 0 radical (unpaired) electrons. The largest absolute Gasteiger partial charge is 0.465 e. The average molecular weight is 429 g/mol. The lowest BCUT2D eigenvalue weighted by Crippen LogP contribution is -2.46. The number of hydrogen-bond donors (Lipinski definition) is 2. The van der Waals surface area contributed by atoms with Crippen LogP contribution in [-0.2, 0) is 11.3 Å². The smallest absolute Gasteiger partial charge is 0.407 e. The summed E-state index contributed by atoms with van der Waals surface area (Å²) in [6.45, 7) is 2.05. The summed E-state index contributed by atoms with van der Waals surface area (Å²) in [6, 6.07) is 15.3. The summed E-state index contributed by atoms with van der Waals surface area (Å²) in [6.07, 6.45) is 2.01. The molecule has 3 rings (SSSR count). The van der Waals surface area contributed by atoms with Crippen molar-refractivity contribution in [2.75, 3.05) is 19.7 Å². The van der Waals surface area contributed by atoms with Gasteiger partial charge in [0.2, 0.25) is 0 Å². The van der Waals surface area contributed by atoms with Crippen molar-refractivity contribution >= 4 is 12.0 Å². The number of likely N-dealkylation sites (tertiary alicyclic amines) is 1. The van der Waals surface area contributed by atoms with E-state index in [9.17, 15) is 19.1 Å². The monoisotopic (exact) mass is 428 g/mol. The number of carbonyl (C=O) groups excluding carboxylic acids is 1. The SMILES string of the molecule is O=C(NC(CCCOCc1ccccc1)C1CCN(C(=O)O)CC1)c1ccc(F)cc1. The molecule has 1 aliphatic rings. The average Bonchev–Trinajstić information content (AvgIpc) is 2.79. The lowest BCUT2D eigenvalue weighted by molar-refractivity contribution is 0.0839. The lowest BCUT2D eigenvalue weighted by atomic mass is 9.86. The van der Waals surface area contributed by atoms with Crippen molar-refractivity contribution in [2.45, 2.75) is 38.3 Å². The van der Waals surface area contributed by atoms with Crippen LogP contribution < -0.4 is 5.32 Å². The highest BCUT2D eigenvalue weighted by molar-refractivity contribution is 5.94. The number of rotatable bonds is 9. The maximum Gasteiger partial charge on any atom is 0.407 e. The highest BCUT2D eigenvalue weighted by Crippen LogP contribution is 2.24. The fourth-order valence-corrected chi connectivity index (χ4v) is 3.94. The van der Waals surface area contributed by atoms with Crippen LogP contribution in [0.15, 0.2) is 54.6 Å². The molecule has 1 unspecified atom stereocenters.